The van der Waals surface area contributed by atoms with E-state index in [1.807, 2.05) is 6.92 Å². The summed E-state index contributed by atoms with van der Waals surface area (Å²) in [6.07, 6.45) is 0. The molecule has 3 aromatic rings. The summed E-state index contributed by atoms with van der Waals surface area (Å²) < 4.78 is 27.9. The Morgan fingerprint density at radius 3 is 1.47 bits per heavy atom. The smallest absolute Gasteiger partial charge is 0.244 e. The van der Waals surface area contributed by atoms with Crippen LogP contribution in [0.2, 0.25) is 0 Å². The second-order valence-corrected chi connectivity index (χ2v) is 10.8. The first-order valence-corrected chi connectivity index (χ1v) is 13.2. The number of nitrogens with one attached hydrogen (secondary N) is 2. The predicted octanol–water partition coefficient (Wildman–Crippen LogP) is 3.98. The van der Waals surface area contributed by atoms with Crippen molar-refractivity contribution in [3.63, 3.8) is 0 Å². The Kier molecular flexibility index (Phi) is 8.92. The van der Waals surface area contributed by atoms with Crippen molar-refractivity contribution in [2.75, 3.05) is 23.7 Å². The number of hydrogen-bond acceptors (Lipinski definition) is 6. The molecule has 198 valence electrons. The van der Waals surface area contributed by atoms with Gasteiger partial charge in [-0.2, -0.15) is 4.31 Å². The van der Waals surface area contributed by atoms with Gasteiger partial charge in [0, 0.05) is 22.5 Å². The number of nitrogens with zero attached hydrogens (tertiary/aromatic N) is 1. The maximum Gasteiger partial charge on any atom is 0.244 e. The van der Waals surface area contributed by atoms with Crippen molar-refractivity contribution in [3.05, 3.63) is 89.0 Å². The van der Waals surface area contributed by atoms with Gasteiger partial charge in [0.15, 0.2) is 11.6 Å². The Morgan fingerprint density at radius 2 is 1.11 bits per heavy atom. The molecule has 0 fully saturated rings. The minimum Gasteiger partial charge on any atom is -0.325 e. The summed E-state index contributed by atoms with van der Waals surface area (Å²) in [7, 11) is -4.24. The van der Waals surface area contributed by atoms with Gasteiger partial charge in [-0.3, -0.25) is 19.2 Å². The number of benzene rings is 3. The largest absolute Gasteiger partial charge is 0.325 e. The number of sulfonamides is 1. The van der Waals surface area contributed by atoms with Gasteiger partial charge in [-0.15, -0.1) is 0 Å². The highest BCUT2D eigenvalue weighted by Crippen LogP contribution is 2.22. The highest BCUT2D eigenvalue weighted by Gasteiger charge is 2.30. The van der Waals surface area contributed by atoms with E-state index in [9.17, 15) is 27.6 Å². The van der Waals surface area contributed by atoms with Crippen LogP contribution in [0.4, 0.5) is 11.4 Å². The molecule has 0 saturated heterocycles. The van der Waals surface area contributed by atoms with Crippen LogP contribution in [-0.2, 0) is 19.6 Å². The Hall–Kier alpha value is -4.15. The number of rotatable bonds is 10. The first kappa shape index (κ1) is 28.4. The molecular formula is C28H29N3O6S. The van der Waals surface area contributed by atoms with Crippen LogP contribution in [0.5, 0.6) is 0 Å². The van der Waals surface area contributed by atoms with Crippen molar-refractivity contribution in [1.82, 2.24) is 4.31 Å². The molecule has 0 aliphatic rings. The Labute approximate surface area is 221 Å². The highest BCUT2D eigenvalue weighted by molar-refractivity contribution is 7.89. The molecule has 2 N–H and O–H groups in total. The van der Waals surface area contributed by atoms with E-state index in [4.69, 9.17) is 0 Å². The number of aryl methyl sites for hydroxylation is 2. The molecule has 3 rings (SSSR count). The molecule has 3 aromatic carbocycles. The van der Waals surface area contributed by atoms with Crippen LogP contribution in [0.1, 0.15) is 45.7 Å². The zero-order valence-corrected chi connectivity index (χ0v) is 22.4. The van der Waals surface area contributed by atoms with Crippen molar-refractivity contribution in [2.45, 2.75) is 32.6 Å². The fourth-order valence-electron chi connectivity index (χ4n) is 3.75. The van der Waals surface area contributed by atoms with E-state index in [0.717, 1.165) is 9.87 Å². The fourth-order valence-corrected chi connectivity index (χ4v) is 5.31. The van der Waals surface area contributed by atoms with Gasteiger partial charge in [-0.25, -0.2) is 8.42 Å². The summed E-state index contributed by atoms with van der Waals surface area (Å²) in [4.78, 5) is 48.7. The Balaban J connectivity index is 1.83. The summed E-state index contributed by atoms with van der Waals surface area (Å²) in [6, 6.07) is 17.1. The number of hydrogen-bond donors (Lipinski definition) is 2. The number of carbonyl (C=O) groups excluding carboxylic acids is 4. The monoisotopic (exact) mass is 535 g/mol. The average Bonchev–Trinajstić information content (AvgIpc) is 2.84. The Bertz CT molecular complexity index is 1410. The first-order valence-electron chi connectivity index (χ1n) is 11.8. The van der Waals surface area contributed by atoms with Crippen LogP contribution < -0.4 is 10.6 Å². The molecule has 0 radical (unpaired) electrons. The third kappa shape index (κ3) is 7.21. The summed E-state index contributed by atoms with van der Waals surface area (Å²) >= 11 is 0. The lowest BCUT2D eigenvalue weighted by atomic mass is 10.1. The van der Waals surface area contributed by atoms with Crippen LogP contribution in [0.15, 0.2) is 71.6 Å². The molecule has 0 aromatic heterocycles. The molecule has 0 bridgehead atoms. The normalized spacial score (nSPS) is 11.2. The van der Waals surface area contributed by atoms with Gasteiger partial charge in [-0.1, -0.05) is 17.7 Å². The molecule has 0 unspecified atom stereocenters. The highest BCUT2D eigenvalue weighted by atomic mass is 32.2. The summed E-state index contributed by atoms with van der Waals surface area (Å²) in [5, 5.41) is 5.21. The molecule has 2 amide bonds. The SMILES string of the molecule is CC(=O)c1ccc(NC(=O)CN(CC(=O)Nc2ccc(C(C)=O)cc2)S(=O)(=O)c2ccc(C)cc2C)cc1. The quantitative estimate of drug-likeness (QED) is 0.378. The fraction of sp³-hybridized carbons (Fsp3) is 0.214. The molecule has 9 nitrogen and oxygen atoms in total. The standard InChI is InChI=1S/C28H29N3O6S/c1-18-5-14-26(19(2)15-18)38(36,37)31(16-27(34)29-24-10-6-22(7-11-24)20(3)32)17-28(35)30-25-12-8-23(9-13-25)21(4)33/h5-15H,16-17H2,1-4H3,(H,29,34)(H,30,35). The van der Waals surface area contributed by atoms with Gasteiger partial charge >= 0.3 is 0 Å². The van der Waals surface area contributed by atoms with Crippen LogP contribution in [-0.4, -0.2) is 49.2 Å². The van der Waals surface area contributed by atoms with Crippen LogP contribution in [0.3, 0.4) is 0 Å². The maximum atomic E-state index is 13.6. The minimum atomic E-state index is -4.24. The van der Waals surface area contributed by atoms with Crippen molar-refractivity contribution in [2.24, 2.45) is 0 Å². The van der Waals surface area contributed by atoms with E-state index in [1.54, 1.807) is 43.3 Å². The molecule has 0 heterocycles. The van der Waals surface area contributed by atoms with E-state index >= 15 is 0 Å². The minimum absolute atomic E-state index is 0.0136. The molecular weight excluding hydrogens is 506 g/mol. The zero-order valence-electron chi connectivity index (χ0n) is 21.6. The number of amides is 2. The van der Waals surface area contributed by atoms with Crippen molar-refractivity contribution >= 4 is 44.8 Å². The average molecular weight is 536 g/mol. The Morgan fingerprint density at radius 1 is 0.684 bits per heavy atom. The summed E-state index contributed by atoms with van der Waals surface area (Å²) in [5.74, 6) is -1.58. The summed E-state index contributed by atoms with van der Waals surface area (Å²) in [5.41, 5.74) is 3.03. The van der Waals surface area contributed by atoms with E-state index in [2.05, 4.69) is 10.6 Å². The number of ketones is 2. The van der Waals surface area contributed by atoms with Gasteiger partial charge < -0.3 is 10.6 Å². The number of carbonyl (C=O) groups is 4. The van der Waals surface area contributed by atoms with Gasteiger partial charge in [0.1, 0.15) is 0 Å². The molecule has 0 aliphatic carbocycles. The third-order valence-electron chi connectivity index (χ3n) is 5.74. The third-order valence-corrected chi connectivity index (χ3v) is 7.69. The molecule has 0 aliphatic heterocycles. The van der Waals surface area contributed by atoms with Crippen LogP contribution in [0, 0.1) is 13.8 Å². The van der Waals surface area contributed by atoms with Gasteiger partial charge in [0.05, 0.1) is 18.0 Å². The predicted molar refractivity (Wildman–Crippen MR) is 145 cm³/mol. The van der Waals surface area contributed by atoms with Gasteiger partial charge in [-0.05, 0) is 87.9 Å². The number of Topliss-reactive ketones (excluding diaryl/α,β-unsaturated/α-hetero) is 2. The lowest BCUT2D eigenvalue weighted by Crippen LogP contribution is -2.42. The van der Waals surface area contributed by atoms with E-state index in [-0.39, 0.29) is 16.5 Å². The first-order chi connectivity index (χ1) is 17.9. The topological polar surface area (TPSA) is 130 Å². The van der Waals surface area contributed by atoms with Gasteiger partial charge in [0.25, 0.3) is 0 Å². The molecule has 0 atom stereocenters. The van der Waals surface area contributed by atoms with Crippen molar-refractivity contribution in [1.29, 1.82) is 0 Å². The van der Waals surface area contributed by atoms with Crippen LogP contribution in [0.25, 0.3) is 0 Å². The maximum absolute atomic E-state index is 13.6. The second kappa shape index (κ2) is 11.9. The van der Waals surface area contributed by atoms with E-state index in [0.29, 0.717) is 28.1 Å². The van der Waals surface area contributed by atoms with Crippen molar-refractivity contribution < 1.29 is 27.6 Å². The van der Waals surface area contributed by atoms with E-state index in [1.165, 1.54) is 44.2 Å². The second-order valence-electron chi connectivity index (χ2n) is 8.91. The zero-order chi connectivity index (χ0) is 28.0. The number of anilines is 2. The lowest BCUT2D eigenvalue weighted by molar-refractivity contribution is -0.118. The molecule has 0 spiro atoms. The molecule has 10 heteroatoms. The lowest BCUT2D eigenvalue weighted by Gasteiger charge is -2.22. The molecule has 38 heavy (non-hydrogen) atoms. The van der Waals surface area contributed by atoms with E-state index < -0.39 is 34.9 Å². The van der Waals surface area contributed by atoms with Gasteiger partial charge in [0.2, 0.25) is 21.8 Å². The molecule has 0 saturated carbocycles. The van der Waals surface area contributed by atoms with Crippen LogP contribution >= 0.6 is 0 Å². The summed E-state index contributed by atoms with van der Waals surface area (Å²) in [6.45, 7) is 5.07. The van der Waals surface area contributed by atoms with Crippen molar-refractivity contribution in [3.8, 4) is 0 Å².